The number of aromatic nitrogens is 3. The van der Waals surface area contributed by atoms with E-state index in [1.807, 2.05) is 18.1 Å². The van der Waals surface area contributed by atoms with Gasteiger partial charge in [-0.3, -0.25) is 9.48 Å². The molecule has 0 aromatic carbocycles. The predicted molar refractivity (Wildman–Crippen MR) is 96.0 cm³/mol. The molecule has 0 aliphatic carbocycles. The van der Waals surface area contributed by atoms with Crippen molar-refractivity contribution in [2.45, 2.75) is 57.9 Å². The Morgan fingerprint density at radius 2 is 2.17 bits per heavy atom. The summed E-state index contributed by atoms with van der Waals surface area (Å²) in [5, 5.41) is 7.39. The average Bonchev–Trinajstić information content (AvgIpc) is 3.16. The maximum absolute atomic E-state index is 12.8. The van der Waals surface area contributed by atoms with Crippen LogP contribution < -0.4 is 0 Å². The topological polar surface area (TPSA) is 51.0 Å². The molecular formula is C18H26N4OS. The normalized spacial score (nSPS) is 18.8. The molecular weight excluding hydrogens is 320 g/mol. The first-order valence-corrected chi connectivity index (χ1v) is 9.45. The molecule has 1 atom stereocenters. The van der Waals surface area contributed by atoms with E-state index < -0.39 is 0 Å². The minimum atomic E-state index is 0.0496. The van der Waals surface area contributed by atoms with Gasteiger partial charge in [-0.25, -0.2) is 4.98 Å². The molecule has 0 N–H and O–H groups in total. The Labute approximate surface area is 147 Å². The molecule has 0 spiro atoms. The lowest BCUT2D eigenvalue weighted by atomic mass is 9.93. The van der Waals surface area contributed by atoms with E-state index in [2.05, 4.69) is 31.2 Å². The molecule has 1 amide bonds. The smallest absolute Gasteiger partial charge is 0.227 e. The van der Waals surface area contributed by atoms with Crippen molar-refractivity contribution in [2.24, 2.45) is 7.05 Å². The lowest BCUT2D eigenvalue weighted by molar-refractivity contribution is -0.134. The van der Waals surface area contributed by atoms with Gasteiger partial charge in [0.05, 0.1) is 24.4 Å². The van der Waals surface area contributed by atoms with Crippen LogP contribution in [0.25, 0.3) is 0 Å². The van der Waals surface area contributed by atoms with Crippen LogP contribution in [0.15, 0.2) is 17.8 Å². The third kappa shape index (κ3) is 3.69. The van der Waals surface area contributed by atoms with Crippen LogP contribution in [0, 0.1) is 0 Å². The van der Waals surface area contributed by atoms with Crippen LogP contribution in [-0.4, -0.2) is 32.1 Å². The van der Waals surface area contributed by atoms with Gasteiger partial charge in [-0.15, -0.1) is 11.3 Å². The molecule has 130 valence electrons. The highest BCUT2D eigenvalue weighted by Crippen LogP contribution is 2.35. The first-order chi connectivity index (χ1) is 11.3. The Balaban J connectivity index is 1.78. The van der Waals surface area contributed by atoms with Gasteiger partial charge in [0.25, 0.3) is 0 Å². The third-order valence-corrected chi connectivity index (χ3v) is 5.46. The number of nitrogens with zero attached hydrogens (tertiary/aromatic N) is 4. The number of rotatable bonds is 3. The second-order valence-corrected chi connectivity index (χ2v) is 8.51. The van der Waals surface area contributed by atoms with E-state index in [9.17, 15) is 4.79 Å². The zero-order chi connectivity index (χ0) is 17.3. The van der Waals surface area contributed by atoms with Crippen LogP contribution in [-0.2, 0) is 23.7 Å². The Kier molecular flexibility index (Phi) is 4.76. The first-order valence-electron chi connectivity index (χ1n) is 8.57. The van der Waals surface area contributed by atoms with E-state index in [1.165, 1.54) is 0 Å². The standard InChI is InChI=1S/C18H26N4OS/c1-18(2,3)15-12-24-17(20-15)14-7-5-6-8-22(14)16(23)9-13-10-19-21(4)11-13/h10-12,14H,5-9H2,1-4H3/t14-/m1/s1. The molecule has 5 nitrogen and oxygen atoms in total. The summed E-state index contributed by atoms with van der Waals surface area (Å²) >= 11 is 1.69. The number of hydrogen-bond acceptors (Lipinski definition) is 4. The summed E-state index contributed by atoms with van der Waals surface area (Å²) in [7, 11) is 1.88. The van der Waals surface area contributed by atoms with E-state index in [-0.39, 0.29) is 17.4 Å². The Morgan fingerprint density at radius 1 is 1.38 bits per heavy atom. The zero-order valence-corrected chi connectivity index (χ0v) is 15.8. The van der Waals surface area contributed by atoms with Crippen LogP contribution in [0.4, 0.5) is 0 Å². The summed E-state index contributed by atoms with van der Waals surface area (Å²) in [5.41, 5.74) is 2.14. The number of carbonyl (C=O) groups is 1. The highest BCUT2D eigenvalue weighted by Gasteiger charge is 2.31. The summed E-state index contributed by atoms with van der Waals surface area (Å²) < 4.78 is 1.74. The van der Waals surface area contributed by atoms with E-state index in [0.717, 1.165) is 42.1 Å². The largest absolute Gasteiger partial charge is 0.333 e. The third-order valence-electron chi connectivity index (χ3n) is 4.51. The number of hydrogen-bond donors (Lipinski definition) is 0. The van der Waals surface area contributed by atoms with Crippen molar-refractivity contribution in [1.82, 2.24) is 19.7 Å². The summed E-state index contributed by atoms with van der Waals surface area (Å²) in [6.07, 6.45) is 7.35. The van der Waals surface area contributed by atoms with Gasteiger partial charge in [0, 0.05) is 30.6 Å². The number of likely N-dealkylation sites (tertiary alicyclic amines) is 1. The number of thiazole rings is 1. The fourth-order valence-electron chi connectivity index (χ4n) is 3.11. The monoisotopic (exact) mass is 346 g/mol. The van der Waals surface area contributed by atoms with E-state index in [1.54, 1.807) is 22.2 Å². The number of carbonyl (C=O) groups excluding carboxylic acids is 1. The summed E-state index contributed by atoms with van der Waals surface area (Å²) in [5.74, 6) is 0.181. The lowest BCUT2D eigenvalue weighted by Gasteiger charge is -2.34. The summed E-state index contributed by atoms with van der Waals surface area (Å²) in [6, 6.07) is 0.129. The number of aryl methyl sites for hydroxylation is 1. The van der Waals surface area contributed by atoms with Gasteiger partial charge in [-0.1, -0.05) is 20.8 Å². The minimum Gasteiger partial charge on any atom is -0.333 e. The molecule has 1 aliphatic rings. The van der Waals surface area contributed by atoms with E-state index in [4.69, 9.17) is 4.98 Å². The molecule has 3 rings (SSSR count). The van der Waals surface area contributed by atoms with E-state index >= 15 is 0 Å². The Hall–Kier alpha value is -1.69. The van der Waals surface area contributed by atoms with Crippen LogP contribution in [0.1, 0.15) is 62.3 Å². The Bertz CT molecular complexity index is 713. The zero-order valence-electron chi connectivity index (χ0n) is 15.0. The summed E-state index contributed by atoms with van der Waals surface area (Å²) in [6.45, 7) is 7.36. The second-order valence-electron chi connectivity index (χ2n) is 7.62. The van der Waals surface area contributed by atoms with Crippen LogP contribution in [0.3, 0.4) is 0 Å². The molecule has 2 aromatic rings. The molecule has 24 heavy (non-hydrogen) atoms. The van der Waals surface area contributed by atoms with Gasteiger partial charge in [-0.05, 0) is 24.8 Å². The van der Waals surface area contributed by atoms with Crippen LogP contribution in [0.2, 0.25) is 0 Å². The van der Waals surface area contributed by atoms with Crippen molar-refractivity contribution in [3.63, 3.8) is 0 Å². The van der Waals surface area contributed by atoms with Crippen molar-refractivity contribution >= 4 is 17.2 Å². The van der Waals surface area contributed by atoms with Gasteiger partial charge >= 0.3 is 0 Å². The fraction of sp³-hybridized carbons (Fsp3) is 0.611. The molecule has 6 heteroatoms. The molecule has 2 aromatic heterocycles. The maximum Gasteiger partial charge on any atom is 0.227 e. The van der Waals surface area contributed by atoms with Crippen molar-refractivity contribution < 1.29 is 4.79 Å². The van der Waals surface area contributed by atoms with Gasteiger partial charge in [0.15, 0.2) is 0 Å². The van der Waals surface area contributed by atoms with Gasteiger partial charge in [-0.2, -0.15) is 5.10 Å². The Morgan fingerprint density at radius 3 is 2.79 bits per heavy atom. The van der Waals surface area contributed by atoms with Crippen LogP contribution >= 0.6 is 11.3 Å². The quantitative estimate of drug-likeness (QED) is 0.855. The SMILES string of the molecule is Cn1cc(CC(=O)N2CCCC[C@@H]2c2nc(C(C)(C)C)cs2)cn1. The molecule has 0 unspecified atom stereocenters. The van der Waals surface area contributed by atoms with Gasteiger partial charge in [0.2, 0.25) is 5.91 Å². The van der Waals surface area contributed by atoms with Crippen molar-refractivity contribution in [3.8, 4) is 0 Å². The molecule has 0 radical (unpaired) electrons. The van der Waals surface area contributed by atoms with E-state index in [0.29, 0.717) is 6.42 Å². The molecule has 0 bridgehead atoms. The molecule has 0 saturated carbocycles. The van der Waals surface area contributed by atoms with Crippen molar-refractivity contribution in [2.75, 3.05) is 6.54 Å². The molecule has 1 saturated heterocycles. The maximum atomic E-state index is 12.8. The lowest BCUT2D eigenvalue weighted by Crippen LogP contribution is -2.39. The minimum absolute atomic E-state index is 0.0496. The number of amides is 1. The molecule has 3 heterocycles. The highest BCUT2D eigenvalue weighted by atomic mass is 32.1. The van der Waals surface area contributed by atoms with Crippen molar-refractivity contribution in [1.29, 1.82) is 0 Å². The molecule has 1 aliphatic heterocycles. The summed E-state index contributed by atoms with van der Waals surface area (Å²) in [4.78, 5) is 19.7. The van der Waals surface area contributed by atoms with Crippen molar-refractivity contribution in [3.05, 3.63) is 34.0 Å². The van der Waals surface area contributed by atoms with Gasteiger partial charge in [0.1, 0.15) is 5.01 Å². The second kappa shape index (κ2) is 6.67. The van der Waals surface area contributed by atoms with Crippen LogP contribution in [0.5, 0.6) is 0 Å². The predicted octanol–water partition coefficient (Wildman–Crippen LogP) is 3.47. The fourth-order valence-corrected chi connectivity index (χ4v) is 4.30. The average molecular weight is 346 g/mol. The first kappa shape index (κ1) is 17.1. The number of piperidine rings is 1. The van der Waals surface area contributed by atoms with Gasteiger partial charge < -0.3 is 4.90 Å². The molecule has 1 fully saturated rings. The highest BCUT2D eigenvalue weighted by molar-refractivity contribution is 7.09.